The van der Waals surface area contributed by atoms with Gasteiger partial charge < -0.3 is 4.90 Å². The van der Waals surface area contributed by atoms with Crippen LogP contribution in [0.25, 0.3) is 10.8 Å². The summed E-state index contributed by atoms with van der Waals surface area (Å²) in [5.74, 6) is -0.681. The number of hydrogen-bond acceptors (Lipinski definition) is 5. The van der Waals surface area contributed by atoms with E-state index in [4.69, 9.17) is 0 Å². The predicted molar refractivity (Wildman–Crippen MR) is 118 cm³/mol. The Balaban J connectivity index is 1.60. The summed E-state index contributed by atoms with van der Waals surface area (Å²) in [5.41, 5.74) is 0.482. The molecule has 1 N–H and O–H groups in total. The number of amides is 1. The molecule has 0 radical (unpaired) electrons. The van der Waals surface area contributed by atoms with Crippen molar-refractivity contribution in [1.82, 2.24) is 14.8 Å². The number of halogens is 1. The average molecular weight is 438 g/mol. The molecule has 0 aliphatic carbocycles. The number of nitrogens with one attached hydrogen (secondary N) is 1. The summed E-state index contributed by atoms with van der Waals surface area (Å²) in [6.45, 7) is 2.10. The Kier molecular flexibility index (Phi) is 5.77. The highest BCUT2D eigenvalue weighted by atomic mass is 32.1. The number of hydrogen-bond donors (Lipinski definition) is 1. The van der Waals surface area contributed by atoms with E-state index in [0.717, 1.165) is 15.4 Å². The molecule has 0 unspecified atom stereocenters. The topological polar surface area (TPSA) is 88.1 Å². The van der Waals surface area contributed by atoms with Crippen LogP contribution in [0.1, 0.15) is 17.1 Å². The van der Waals surface area contributed by atoms with Gasteiger partial charge in [0.1, 0.15) is 5.82 Å². The standard InChI is InChI=1S/C22H19FN4O3S/c1-14-24-16(13-31-14)12-26(17-8-6-15(23)7-9-17)20(28)10-11-27-22(30)19-5-3-2-4-18(19)21(29)25-27/h2-9,13H,10-12H2,1H3,(H,25,29). The SMILES string of the molecule is Cc1nc(CN(C(=O)CCn2[nH]c(=O)c3ccccc3c2=O)c2ccc(F)cc2)cs1. The molecule has 158 valence electrons. The molecule has 0 atom stereocenters. The molecule has 2 aromatic carbocycles. The molecule has 0 aliphatic rings. The van der Waals surface area contributed by atoms with Crippen molar-refractivity contribution in [2.24, 2.45) is 0 Å². The molecule has 0 saturated heterocycles. The molecular formula is C22H19FN4O3S. The Bertz CT molecular complexity index is 1360. The summed E-state index contributed by atoms with van der Waals surface area (Å²) in [6.07, 6.45) is -0.0331. The number of thiazole rings is 1. The number of nitrogens with zero attached hydrogens (tertiary/aromatic N) is 3. The number of anilines is 1. The number of H-pyrrole nitrogens is 1. The number of carbonyl (C=O) groups excluding carboxylic acids is 1. The van der Waals surface area contributed by atoms with Crippen LogP contribution in [0.3, 0.4) is 0 Å². The second-order valence-electron chi connectivity index (χ2n) is 7.01. The molecule has 0 aliphatic heterocycles. The number of fused-ring (bicyclic) bond motifs is 1. The van der Waals surface area contributed by atoms with E-state index in [0.29, 0.717) is 16.5 Å². The Morgan fingerprint density at radius 1 is 1.13 bits per heavy atom. The Morgan fingerprint density at radius 2 is 1.84 bits per heavy atom. The zero-order valence-corrected chi connectivity index (χ0v) is 17.5. The Morgan fingerprint density at radius 3 is 2.52 bits per heavy atom. The van der Waals surface area contributed by atoms with Crippen LogP contribution in [0.5, 0.6) is 0 Å². The van der Waals surface area contributed by atoms with E-state index in [1.807, 2.05) is 12.3 Å². The van der Waals surface area contributed by atoms with E-state index in [1.54, 1.807) is 24.3 Å². The highest BCUT2D eigenvalue weighted by molar-refractivity contribution is 7.09. The van der Waals surface area contributed by atoms with Gasteiger partial charge in [0.2, 0.25) is 5.91 Å². The number of rotatable bonds is 6. The number of benzene rings is 2. The number of aromatic nitrogens is 3. The van der Waals surface area contributed by atoms with Gasteiger partial charge in [-0.3, -0.25) is 19.5 Å². The quantitative estimate of drug-likeness (QED) is 0.501. The molecule has 0 saturated carbocycles. The summed E-state index contributed by atoms with van der Waals surface area (Å²) in [6, 6.07) is 12.2. The fraction of sp³-hybridized carbons (Fsp3) is 0.182. The van der Waals surface area contributed by atoms with Gasteiger partial charge in [-0.05, 0) is 43.3 Å². The average Bonchev–Trinajstić information content (AvgIpc) is 3.19. The predicted octanol–water partition coefficient (Wildman–Crippen LogP) is 3.22. The van der Waals surface area contributed by atoms with E-state index in [1.165, 1.54) is 40.5 Å². The fourth-order valence-electron chi connectivity index (χ4n) is 3.33. The van der Waals surface area contributed by atoms with Gasteiger partial charge in [0.15, 0.2) is 0 Å². The Labute approximate surface area is 180 Å². The highest BCUT2D eigenvalue weighted by Gasteiger charge is 2.18. The van der Waals surface area contributed by atoms with Crippen molar-refractivity contribution in [2.45, 2.75) is 26.4 Å². The highest BCUT2D eigenvalue weighted by Crippen LogP contribution is 2.20. The zero-order valence-electron chi connectivity index (χ0n) is 16.7. The minimum absolute atomic E-state index is 0.00549. The van der Waals surface area contributed by atoms with Gasteiger partial charge in [0.25, 0.3) is 11.1 Å². The lowest BCUT2D eigenvalue weighted by Crippen LogP contribution is -2.34. The summed E-state index contributed by atoms with van der Waals surface area (Å²) in [4.78, 5) is 43.9. The first kappa shape index (κ1) is 20.7. The van der Waals surface area contributed by atoms with Gasteiger partial charge in [0.05, 0.1) is 34.6 Å². The van der Waals surface area contributed by atoms with Crippen molar-refractivity contribution < 1.29 is 9.18 Å². The summed E-state index contributed by atoms with van der Waals surface area (Å²) >= 11 is 1.48. The smallest absolute Gasteiger partial charge is 0.273 e. The van der Waals surface area contributed by atoms with Gasteiger partial charge in [-0.25, -0.2) is 14.1 Å². The number of aromatic amines is 1. The van der Waals surface area contributed by atoms with Crippen LogP contribution in [0.4, 0.5) is 10.1 Å². The molecule has 0 spiro atoms. The van der Waals surface area contributed by atoms with Gasteiger partial charge >= 0.3 is 0 Å². The molecular weight excluding hydrogens is 419 g/mol. The summed E-state index contributed by atoms with van der Waals surface area (Å²) < 4.78 is 14.5. The maximum absolute atomic E-state index is 13.4. The maximum atomic E-state index is 13.4. The molecule has 0 bridgehead atoms. The van der Waals surface area contributed by atoms with Gasteiger partial charge in [-0.15, -0.1) is 11.3 Å². The first-order valence-corrected chi connectivity index (χ1v) is 10.5. The van der Waals surface area contributed by atoms with Crippen molar-refractivity contribution in [2.75, 3.05) is 4.90 Å². The van der Waals surface area contributed by atoms with Crippen LogP contribution < -0.4 is 16.0 Å². The van der Waals surface area contributed by atoms with E-state index in [-0.39, 0.29) is 31.0 Å². The third-order valence-electron chi connectivity index (χ3n) is 4.86. The molecule has 2 aromatic heterocycles. The molecule has 9 heteroatoms. The van der Waals surface area contributed by atoms with Crippen molar-refractivity contribution in [3.63, 3.8) is 0 Å². The molecule has 1 amide bonds. The van der Waals surface area contributed by atoms with Crippen molar-refractivity contribution >= 4 is 33.7 Å². The monoisotopic (exact) mass is 438 g/mol. The minimum Gasteiger partial charge on any atom is -0.306 e. The number of aryl methyl sites for hydroxylation is 2. The van der Waals surface area contributed by atoms with Gasteiger partial charge in [-0.1, -0.05) is 12.1 Å². The van der Waals surface area contributed by atoms with Crippen LogP contribution >= 0.6 is 11.3 Å². The van der Waals surface area contributed by atoms with Crippen molar-refractivity contribution in [3.05, 3.63) is 91.1 Å². The summed E-state index contributed by atoms with van der Waals surface area (Å²) in [5, 5.41) is 5.88. The first-order chi connectivity index (χ1) is 14.9. The second kappa shape index (κ2) is 8.65. The third-order valence-corrected chi connectivity index (χ3v) is 5.68. The van der Waals surface area contributed by atoms with E-state index >= 15 is 0 Å². The maximum Gasteiger partial charge on any atom is 0.273 e. The Hall–Kier alpha value is -3.59. The second-order valence-corrected chi connectivity index (χ2v) is 8.07. The van der Waals surface area contributed by atoms with Crippen LogP contribution in [-0.4, -0.2) is 20.7 Å². The van der Waals surface area contributed by atoms with E-state index in [2.05, 4.69) is 10.1 Å². The van der Waals surface area contributed by atoms with Crippen LogP contribution in [-0.2, 0) is 17.9 Å². The van der Waals surface area contributed by atoms with E-state index < -0.39 is 11.4 Å². The largest absolute Gasteiger partial charge is 0.306 e. The molecule has 4 rings (SSSR count). The zero-order chi connectivity index (χ0) is 22.0. The van der Waals surface area contributed by atoms with Crippen molar-refractivity contribution in [1.29, 1.82) is 0 Å². The molecule has 4 aromatic rings. The van der Waals surface area contributed by atoms with Gasteiger partial charge in [-0.2, -0.15) is 0 Å². The normalized spacial score (nSPS) is 11.0. The molecule has 2 heterocycles. The minimum atomic E-state index is -0.402. The molecule has 0 fully saturated rings. The lowest BCUT2D eigenvalue weighted by atomic mass is 10.2. The van der Waals surface area contributed by atoms with Crippen LogP contribution in [0, 0.1) is 12.7 Å². The van der Waals surface area contributed by atoms with Crippen LogP contribution in [0.2, 0.25) is 0 Å². The lowest BCUT2D eigenvalue weighted by Gasteiger charge is -2.22. The van der Waals surface area contributed by atoms with Crippen molar-refractivity contribution in [3.8, 4) is 0 Å². The lowest BCUT2D eigenvalue weighted by molar-refractivity contribution is -0.119. The van der Waals surface area contributed by atoms with Gasteiger partial charge in [0, 0.05) is 17.5 Å². The molecule has 31 heavy (non-hydrogen) atoms. The fourth-order valence-corrected chi connectivity index (χ4v) is 3.94. The summed E-state index contributed by atoms with van der Waals surface area (Å²) in [7, 11) is 0. The van der Waals surface area contributed by atoms with E-state index in [9.17, 15) is 18.8 Å². The molecule has 7 nitrogen and oxygen atoms in total. The third kappa shape index (κ3) is 4.46. The number of carbonyl (C=O) groups is 1. The van der Waals surface area contributed by atoms with Crippen LogP contribution in [0.15, 0.2) is 63.5 Å². The first-order valence-electron chi connectivity index (χ1n) is 9.61.